The second-order valence-electron chi connectivity index (χ2n) is 4.97. The maximum absolute atomic E-state index is 13.0. The number of amides is 1. The highest BCUT2D eigenvalue weighted by Gasteiger charge is 2.09. The van der Waals surface area contributed by atoms with Gasteiger partial charge in [-0.2, -0.15) is 0 Å². The summed E-state index contributed by atoms with van der Waals surface area (Å²) in [7, 11) is 1.98. The van der Waals surface area contributed by atoms with Crippen LogP contribution in [0, 0.1) is 12.7 Å². The van der Waals surface area contributed by atoms with E-state index in [1.807, 2.05) is 37.4 Å². The third kappa shape index (κ3) is 4.05. The summed E-state index contributed by atoms with van der Waals surface area (Å²) < 4.78 is 13.0. The van der Waals surface area contributed by atoms with E-state index < -0.39 is 0 Å². The van der Waals surface area contributed by atoms with Crippen LogP contribution in [0.2, 0.25) is 0 Å². The standard InChI is InChI=1S/C17H19FN2O/c1-13-12-14(18)8-9-16(13)17(21)19-10-11-20(2)15-6-4-3-5-7-15/h3-9,12H,10-11H2,1-2H3,(H,19,21). The number of likely N-dealkylation sites (N-methyl/N-ethyl adjacent to an activating group) is 1. The fourth-order valence-electron chi connectivity index (χ4n) is 2.13. The molecule has 2 aromatic carbocycles. The Kier molecular flexibility index (Phi) is 4.93. The van der Waals surface area contributed by atoms with Crippen LogP contribution in [0.15, 0.2) is 48.5 Å². The van der Waals surface area contributed by atoms with Crippen molar-refractivity contribution in [3.05, 3.63) is 65.5 Å². The number of hydrogen-bond donors (Lipinski definition) is 1. The average Bonchev–Trinajstić information content (AvgIpc) is 2.47. The summed E-state index contributed by atoms with van der Waals surface area (Å²) in [5, 5.41) is 2.86. The summed E-state index contributed by atoms with van der Waals surface area (Å²) in [5.74, 6) is -0.498. The molecule has 1 amide bonds. The van der Waals surface area contributed by atoms with Crippen molar-refractivity contribution < 1.29 is 9.18 Å². The lowest BCUT2D eigenvalue weighted by Crippen LogP contribution is -2.33. The second kappa shape index (κ2) is 6.88. The van der Waals surface area contributed by atoms with Crippen LogP contribution < -0.4 is 10.2 Å². The van der Waals surface area contributed by atoms with Crippen LogP contribution in [0.3, 0.4) is 0 Å². The highest BCUT2D eigenvalue weighted by atomic mass is 19.1. The number of halogens is 1. The number of para-hydroxylation sites is 1. The zero-order valence-electron chi connectivity index (χ0n) is 12.3. The third-order valence-electron chi connectivity index (χ3n) is 3.36. The van der Waals surface area contributed by atoms with Crippen molar-refractivity contribution in [2.45, 2.75) is 6.92 Å². The number of anilines is 1. The number of nitrogens with zero attached hydrogens (tertiary/aromatic N) is 1. The van der Waals surface area contributed by atoms with Gasteiger partial charge in [0.2, 0.25) is 0 Å². The van der Waals surface area contributed by atoms with Crippen molar-refractivity contribution in [3.63, 3.8) is 0 Å². The number of rotatable bonds is 5. The van der Waals surface area contributed by atoms with E-state index in [1.54, 1.807) is 6.92 Å². The van der Waals surface area contributed by atoms with Crippen LogP contribution in [0.4, 0.5) is 10.1 Å². The van der Waals surface area contributed by atoms with Crippen LogP contribution in [0.5, 0.6) is 0 Å². The molecule has 0 heterocycles. The Morgan fingerprint density at radius 2 is 1.90 bits per heavy atom. The van der Waals surface area contributed by atoms with Gasteiger partial charge in [-0.25, -0.2) is 4.39 Å². The number of hydrogen-bond acceptors (Lipinski definition) is 2. The summed E-state index contributed by atoms with van der Waals surface area (Å²) in [5.41, 5.74) is 2.26. The molecule has 110 valence electrons. The molecule has 4 heteroatoms. The fraction of sp³-hybridized carbons (Fsp3) is 0.235. The van der Waals surface area contributed by atoms with Gasteiger partial charge in [-0.3, -0.25) is 4.79 Å². The number of nitrogens with one attached hydrogen (secondary N) is 1. The normalized spacial score (nSPS) is 10.2. The zero-order chi connectivity index (χ0) is 15.2. The van der Waals surface area contributed by atoms with Gasteiger partial charge in [-0.05, 0) is 42.8 Å². The number of benzene rings is 2. The first-order chi connectivity index (χ1) is 10.1. The molecule has 0 bridgehead atoms. The molecule has 0 fully saturated rings. The van der Waals surface area contributed by atoms with Crippen molar-refractivity contribution in [1.82, 2.24) is 5.32 Å². The summed E-state index contributed by atoms with van der Waals surface area (Å²) in [6.07, 6.45) is 0. The van der Waals surface area contributed by atoms with Gasteiger partial charge < -0.3 is 10.2 Å². The summed E-state index contributed by atoms with van der Waals surface area (Å²) in [6, 6.07) is 14.1. The van der Waals surface area contributed by atoms with Crippen molar-refractivity contribution >= 4 is 11.6 Å². The minimum atomic E-state index is -0.326. The van der Waals surface area contributed by atoms with Crippen LogP contribution in [0.1, 0.15) is 15.9 Å². The molecule has 0 spiro atoms. The van der Waals surface area contributed by atoms with Crippen LogP contribution >= 0.6 is 0 Å². The Morgan fingerprint density at radius 1 is 1.19 bits per heavy atom. The molecule has 0 aromatic heterocycles. The van der Waals surface area contributed by atoms with E-state index in [4.69, 9.17) is 0 Å². The molecule has 0 aliphatic heterocycles. The number of carbonyl (C=O) groups is 1. The van der Waals surface area contributed by atoms with Gasteiger partial charge in [0, 0.05) is 31.4 Å². The first kappa shape index (κ1) is 15.0. The van der Waals surface area contributed by atoms with Crippen molar-refractivity contribution in [1.29, 1.82) is 0 Å². The van der Waals surface area contributed by atoms with E-state index in [1.165, 1.54) is 18.2 Å². The van der Waals surface area contributed by atoms with Crippen LogP contribution in [-0.4, -0.2) is 26.0 Å². The van der Waals surface area contributed by atoms with E-state index in [2.05, 4.69) is 10.2 Å². The molecular formula is C17H19FN2O. The lowest BCUT2D eigenvalue weighted by atomic mass is 10.1. The van der Waals surface area contributed by atoms with Crippen molar-refractivity contribution in [3.8, 4) is 0 Å². The Morgan fingerprint density at radius 3 is 2.57 bits per heavy atom. The van der Waals surface area contributed by atoms with Gasteiger partial charge in [0.15, 0.2) is 0 Å². The van der Waals surface area contributed by atoms with Gasteiger partial charge >= 0.3 is 0 Å². The first-order valence-electron chi connectivity index (χ1n) is 6.88. The molecule has 0 saturated carbocycles. The molecule has 0 aliphatic carbocycles. The second-order valence-corrected chi connectivity index (χ2v) is 4.97. The lowest BCUT2D eigenvalue weighted by molar-refractivity contribution is 0.0954. The monoisotopic (exact) mass is 286 g/mol. The van der Waals surface area contributed by atoms with Gasteiger partial charge in [-0.1, -0.05) is 18.2 Å². The Bertz CT molecular complexity index is 613. The Labute approximate surface area is 124 Å². The largest absolute Gasteiger partial charge is 0.373 e. The first-order valence-corrected chi connectivity index (χ1v) is 6.88. The predicted octanol–water partition coefficient (Wildman–Crippen LogP) is 3.00. The average molecular weight is 286 g/mol. The van der Waals surface area contributed by atoms with E-state index >= 15 is 0 Å². The smallest absolute Gasteiger partial charge is 0.251 e. The maximum Gasteiger partial charge on any atom is 0.251 e. The molecular weight excluding hydrogens is 267 g/mol. The van der Waals surface area contributed by atoms with Crippen LogP contribution in [0.25, 0.3) is 0 Å². The minimum Gasteiger partial charge on any atom is -0.373 e. The lowest BCUT2D eigenvalue weighted by Gasteiger charge is -2.19. The molecule has 0 atom stereocenters. The molecule has 0 radical (unpaired) electrons. The molecule has 1 N–H and O–H groups in total. The maximum atomic E-state index is 13.0. The van der Waals surface area contributed by atoms with E-state index in [9.17, 15) is 9.18 Å². The Balaban J connectivity index is 1.87. The van der Waals surface area contributed by atoms with E-state index in [0.29, 0.717) is 24.2 Å². The van der Waals surface area contributed by atoms with E-state index in [-0.39, 0.29) is 11.7 Å². The zero-order valence-corrected chi connectivity index (χ0v) is 12.3. The van der Waals surface area contributed by atoms with Crippen molar-refractivity contribution in [2.24, 2.45) is 0 Å². The molecule has 3 nitrogen and oxygen atoms in total. The van der Waals surface area contributed by atoms with Crippen LogP contribution in [-0.2, 0) is 0 Å². The summed E-state index contributed by atoms with van der Waals surface area (Å²) >= 11 is 0. The highest BCUT2D eigenvalue weighted by molar-refractivity contribution is 5.95. The quantitative estimate of drug-likeness (QED) is 0.916. The van der Waals surface area contributed by atoms with E-state index in [0.717, 1.165) is 5.69 Å². The van der Waals surface area contributed by atoms with Gasteiger partial charge in [-0.15, -0.1) is 0 Å². The van der Waals surface area contributed by atoms with Gasteiger partial charge in [0.1, 0.15) is 5.82 Å². The SMILES string of the molecule is Cc1cc(F)ccc1C(=O)NCCN(C)c1ccccc1. The Hall–Kier alpha value is -2.36. The summed E-state index contributed by atoms with van der Waals surface area (Å²) in [6.45, 7) is 2.96. The highest BCUT2D eigenvalue weighted by Crippen LogP contribution is 2.11. The van der Waals surface area contributed by atoms with Gasteiger partial charge in [0.25, 0.3) is 5.91 Å². The number of carbonyl (C=O) groups excluding carboxylic acids is 1. The molecule has 0 unspecified atom stereocenters. The minimum absolute atomic E-state index is 0.172. The number of aryl methyl sites for hydroxylation is 1. The topological polar surface area (TPSA) is 32.3 Å². The third-order valence-corrected chi connectivity index (χ3v) is 3.36. The molecule has 0 saturated heterocycles. The molecule has 21 heavy (non-hydrogen) atoms. The predicted molar refractivity (Wildman–Crippen MR) is 83.2 cm³/mol. The molecule has 2 aromatic rings. The molecule has 2 rings (SSSR count). The summed E-state index contributed by atoms with van der Waals surface area (Å²) in [4.78, 5) is 14.1. The van der Waals surface area contributed by atoms with Gasteiger partial charge in [0.05, 0.1) is 0 Å². The fourth-order valence-corrected chi connectivity index (χ4v) is 2.13. The molecule has 0 aliphatic rings. The van der Waals surface area contributed by atoms with Crippen molar-refractivity contribution in [2.75, 3.05) is 25.0 Å².